The van der Waals surface area contributed by atoms with Crippen molar-refractivity contribution >= 4 is 19.1 Å². The van der Waals surface area contributed by atoms with Crippen LogP contribution in [-0.2, 0) is 11.1 Å². The number of fused-ring (bicyclic) bond motifs is 3. The Morgan fingerprint density at radius 2 is 1.32 bits per heavy atom. The number of rotatable bonds is 6. The van der Waals surface area contributed by atoms with Crippen LogP contribution in [0.2, 0.25) is 0 Å². The predicted molar refractivity (Wildman–Crippen MR) is 161 cm³/mol. The SMILES string of the molecule is Cc1nnc2n1-c1ccccc1N(CCCN1CCC(=C(c3ccccc3)c3ccccc3)CC1)C2.O=P(O)(O)O. The van der Waals surface area contributed by atoms with Gasteiger partial charge in [-0.15, -0.1) is 10.2 Å². The molecule has 6 rings (SSSR count). The van der Waals surface area contributed by atoms with E-state index < -0.39 is 7.82 Å². The molecule has 0 aliphatic carbocycles. The zero-order chi connectivity index (χ0) is 28.8. The van der Waals surface area contributed by atoms with E-state index in [4.69, 9.17) is 19.2 Å². The number of aryl methyl sites for hydroxylation is 1. The zero-order valence-electron chi connectivity index (χ0n) is 23.2. The minimum Gasteiger partial charge on any atom is -0.362 e. The molecule has 0 unspecified atom stereocenters. The summed E-state index contributed by atoms with van der Waals surface area (Å²) in [6.07, 6.45) is 3.41. The highest BCUT2D eigenvalue weighted by Crippen LogP contribution is 2.34. The number of likely N-dealkylation sites (tertiary alicyclic amines) is 1. The second-order valence-corrected chi connectivity index (χ2v) is 11.4. The van der Waals surface area contributed by atoms with E-state index in [2.05, 4.69) is 109 Å². The maximum absolute atomic E-state index is 8.88. The number of hydrogen-bond donors (Lipinski definition) is 3. The Kier molecular flexibility index (Phi) is 9.12. The van der Waals surface area contributed by atoms with Gasteiger partial charge in [0.1, 0.15) is 5.82 Å². The standard InChI is InChI=1S/C31H33N5.H3O4P/c1-24-32-33-30-23-35(28-15-8-9-16-29(28)36(24)30)20-10-19-34-21-17-27(18-22-34)31(25-11-4-2-5-12-25)26-13-6-3-7-14-26;1-5(2,3)4/h2-9,11-16H,10,17-23H2,1H3;(H3,1,2,3,4). The molecule has 0 bridgehead atoms. The molecule has 0 atom stereocenters. The molecule has 3 aromatic carbocycles. The van der Waals surface area contributed by atoms with Crippen LogP contribution >= 0.6 is 7.82 Å². The summed E-state index contributed by atoms with van der Waals surface area (Å²) < 4.78 is 11.1. The molecule has 0 radical (unpaired) electrons. The van der Waals surface area contributed by atoms with Gasteiger partial charge < -0.3 is 24.5 Å². The molecule has 1 fully saturated rings. The van der Waals surface area contributed by atoms with Crippen molar-refractivity contribution in [2.75, 3.05) is 31.1 Å². The third-order valence-corrected chi connectivity index (χ3v) is 7.53. The van der Waals surface area contributed by atoms with Crippen LogP contribution < -0.4 is 4.90 Å². The van der Waals surface area contributed by atoms with Crippen molar-refractivity contribution in [2.24, 2.45) is 0 Å². The van der Waals surface area contributed by atoms with Crippen molar-refractivity contribution in [3.8, 4) is 5.69 Å². The van der Waals surface area contributed by atoms with Crippen LogP contribution in [0.3, 0.4) is 0 Å². The topological polar surface area (TPSA) is 115 Å². The quantitative estimate of drug-likeness (QED) is 0.278. The van der Waals surface area contributed by atoms with Gasteiger partial charge in [-0.3, -0.25) is 4.57 Å². The Labute approximate surface area is 240 Å². The third-order valence-electron chi connectivity index (χ3n) is 7.53. The number of para-hydroxylation sites is 2. The van der Waals surface area contributed by atoms with Crippen LogP contribution in [-0.4, -0.2) is 60.5 Å². The van der Waals surface area contributed by atoms with Crippen molar-refractivity contribution in [3.63, 3.8) is 0 Å². The molecule has 1 aromatic heterocycles. The first kappa shape index (κ1) is 28.9. The Bertz CT molecular complexity index is 1470. The lowest BCUT2D eigenvalue weighted by Gasteiger charge is -2.33. The summed E-state index contributed by atoms with van der Waals surface area (Å²) in [6, 6.07) is 30.4. The van der Waals surface area contributed by atoms with Crippen LogP contribution in [0.15, 0.2) is 90.5 Å². The number of piperidine rings is 1. The fraction of sp³-hybridized carbons (Fsp3) is 0.290. The molecular formula is C31H36N5O4P. The minimum absolute atomic E-state index is 0.822. The lowest BCUT2D eigenvalue weighted by molar-refractivity contribution is 0.254. The highest BCUT2D eigenvalue weighted by molar-refractivity contribution is 7.45. The molecule has 41 heavy (non-hydrogen) atoms. The van der Waals surface area contributed by atoms with Gasteiger partial charge in [-0.1, -0.05) is 78.4 Å². The van der Waals surface area contributed by atoms with Gasteiger partial charge in [0.05, 0.1) is 17.9 Å². The van der Waals surface area contributed by atoms with E-state index in [0.717, 1.165) is 63.6 Å². The van der Waals surface area contributed by atoms with E-state index in [1.807, 2.05) is 6.92 Å². The fourth-order valence-corrected chi connectivity index (χ4v) is 5.76. The largest absolute Gasteiger partial charge is 0.466 e. The summed E-state index contributed by atoms with van der Waals surface area (Å²) in [4.78, 5) is 26.7. The lowest BCUT2D eigenvalue weighted by Crippen LogP contribution is -2.35. The molecule has 2 aliphatic heterocycles. The average Bonchev–Trinajstić information content (AvgIpc) is 3.35. The van der Waals surface area contributed by atoms with E-state index in [0.29, 0.717) is 0 Å². The van der Waals surface area contributed by atoms with Crippen LogP contribution in [0.1, 0.15) is 42.0 Å². The van der Waals surface area contributed by atoms with Crippen LogP contribution in [0.5, 0.6) is 0 Å². The van der Waals surface area contributed by atoms with Gasteiger partial charge in [-0.05, 0) is 61.6 Å². The molecule has 1 saturated heterocycles. The van der Waals surface area contributed by atoms with E-state index in [9.17, 15) is 0 Å². The second kappa shape index (κ2) is 12.9. The fourth-order valence-electron chi connectivity index (χ4n) is 5.76. The van der Waals surface area contributed by atoms with Crippen molar-refractivity contribution in [2.45, 2.75) is 32.7 Å². The first-order chi connectivity index (χ1) is 19.8. The number of aromatic nitrogens is 3. The molecule has 0 spiro atoms. The van der Waals surface area contributed by atoms with E-state index >= 15 is 0 Å². The molecule has 0 saturated carbocycles. The van der Waals surface area contributed by atoms with Gasteiger partial charge in [0.15, 0.2) is 5.82 Å². The first-order valence-electron chi connectivity index (χ1n) is 13.9. The molecule has 9 nitrogen and oxygen atoms in total. The average molecular weight is 574 g/mol. The summed E-state index contributed by atoms with van der Waals surface area (Å²) in [6.45, 7) is 7.27. The normalized spacial score (nSPS) is 15.0. The zero-order valence-corrected chi connectivity index (χ0v) is 24.1. The minimum atomic E-state index is -4.64. The summed E-state index contributed by atoms with van der Waals surface area (Å²) in [5.41, 5.74) is 8.16. The van der Waals surface area contributed by atoms with E-state index in [1.165, 1.54) is 28.1 Å². The summed E-state index contributed by atoms with van der Waals surface area (Å²) in [7, 11) is -4.64. The molecule has 2 aliphatic rings. The third kappa shape index (κ3) is 7.38. The van der Waals surface area contributed by atoms with Gasteiger partial charge in [0.2, 0.25) is 0 Å². The van der Waals surface area contributed by atoms with Crippen molar-refractivity contribution in [3.05, 3.63) is 113 Å². The van der Waals surface area contributed by atoms with Crippen molar-refractivity contribution in [1.82, 2.24) is 19.7 Å². The van der Waals surface area contributed by atoms with Crippen LogP contribution in [0, 0.1) is 6.92 Å². The van der Waals surface area contributed by atoms with Crippen molar-refractivity contribution in [1.29, 1.82) is 0 Å². The highest BCUT2D eigenvalue weighted by atomic mass is 31.2. The monoisotopic (exact) mass is 573 g/mol. The lowest BCUT2D eigenvalue weighted by atomic mass is 9.88. The Morgan fingerprint density at radius 1 is 0.780 bits per heavy atom. The number of benzene rings is 3. The maximum atomic E-state index is 8.88. The van der Waals surface area contributed by atoms with E-state index in [-0.39, 0.29) is 0 Å². The highest BCUT2D eigenvalue weighted by Gasteiger charge is 2.25. The maximum Gasteiger partial charge on any atom is 0.466 e. The van der Waals surface area contributed by atoms with Gasteiger partial charge >= 0.3 is 7.82 Å². The Morgan fingerprint density at radius 3 is 1.90 bits per heavy atom. The smallest absolute Gasteiger partial charge is 0.362 e. The second-order valence-electron chi connectivity index (χ2n) is 10.3. The number of hydrogen-bond acceptors (Lipinski definition) is 5. The van der Waals surface area contributed by atoms with Crippen molar-refractivity contribution < 1.29 is 19.2 Å². The van der Waals surface area contributed by atoms with Gasteiger partial charge in [0.25, 0.3) is 0 Å². The van der Waals surface area contributed by atoms with Gasteiger partial charge in [0, 0.05) is 19.6 Å². The van der Waals surface area contributed by atoms with Crippen LogP contribution in [0.25, 0.3) is 11.3 Å². The van der Waals surface area contributed by atoms with Gasteiger partial charge in [-0.2, -0.15) is 0 Å². The summed E-state index contributed by atoms with van der Waals surface area (Å²) in [5.74, 6) is 1.99. The summed E-state index contributed by atoms with van der Waals surface area (Å²) in [5, 5.41) is 8.76. The summed E-state index contributed by atoms with van der Waals surface area (Å²) >= 11 is 0. The molecule has 10 heteroatoms. The molecule has 4 aromatic rings. The number of anilines is 1. The Hall–Kier alpha value is -3.59. The number of nitrogens with zero attached hydrogens (tertiary/aromatic N) is 5. The predicted octanol–water partition coefficient (Wildman–Crippen LogP) is 4.96. The van der Waals surface area contributed by atoms with E-state index in [1.54, 1.807) is 5.57 Å². The molecule has 3 heterocycles. The van der Waals surface area contributed by atoms with Gasteiger partial charge in [-0.25, -0.2) is 4.57 Å². The first-order valence-corrected chi connectivity index (χ1v) is 15.4. The molecule has 0 amide bonds. The molecule has 3 N–H and O–H groups in total. The molecule has 214 valence electrons. The molecular weight excluding hydrogens is 537 g/mol. The number of phosphoric acid groups is 1. The Balaban J connectivity index is 0.000000623. The van der Waals surface area contributed by atoms with Crippen LogP contribution in [0.4, 0.5) is 5.69 Å².